The minimum atomic E-state index is -4.50. The molecule has 188 valence electrons. The highest BCUT2D eigenvalue weighted by Gasteiger charge is 2.30. The van der Waals surface area contributed by atoms with E-state index in [1.807, 2.05) is 4.90 Å². The summed E-state index contributed by atoms with van der Waals surface area (Å²) in [5.74, 6) is 0.298. The summed E-state index contributed by atoms with van der Waals surface area (Å²) in [6, 6.07) is 9.12. The largest absolute Gasteiger partial charge is 0.416 e. The summed E-state index contributed by atoms with van der Waals surface area (Å²) in [7, 11) is 0. The number of morpholine rings is 1. The lowest BCUT2D eigenvalue weighted by Gasteiger charge is -2.27. The second-order valence-corrected chi connectivity index (χ2v) is 8.28. The lowest BCUT2D eigenvalue weighted by Crippen LogP contribution is -2.37. The summed E-state index contributed by atoms with van der Waals surface area (Å²) in [6.45, 7) is 1.95. The standard InChI is InChI=1S/C21H18BrF3N8O3/c22-16-5-4-13(10-17(16)33(34)35)12-26-31-19-28-18(29-20(30-19)32-6-8-36-9-7-32)27-15-3-1-2-14(11-15)21(23,24)25/h1-5,10-12H,6-9H2,(H2,27,28,29,30,31)/b26-12-. The van der Waals surface area contributed by atoms with Gasteiger partial charge in [-0.05, 0) is 40.2 Å². The van der Waals surface area contributed by atoms with Gasteiger partial charge in [0.25, 0.3) is 5.69 Å². The van der Waals surface area contributed by atoms with Gasteiger partial charge in [0, 0.05) is 30.4 Å². The average Bonchev–Trinajstić information content (AvgIpc) is 2.85. The van der Waals surface area contributed by atoms with Crippen LogP contribution in [0.5, 0.6) is 0 Å². The zero-order chi connectivity index (χ0) is 25.7. The molecule has 1 fully saturated rings. The van der Waals surface area contributed by atoms with E-state index in [-0.39, 0.29) is 29.2 Å². The molecule has 0 spiro atoms. The number of hydrogen-bond acceptors (Lipinski definition) is 10. The summed E-state index contributed by atoms with van der Waals surface area (Å²) in [4.78, 5) is 25.3. The molecule has 0 bridgehead atoms. The van der Waals surface area contributed by atoms with E-state index in [1.54, 1.807) is 6.07 Å². The number of nitro benzene ring substituents is 1. The molecule has 4 rings (SSSR count). The normalized spacial score (nSPS) is 14.2. The number of hydrogen-bond donors (Lipinski definition) is 2. The minimum Gasteiger partial charge on any atom is -0.378 e. The number of nitro groups is 1. The summed E-state index contributed by atoms with van der Waals surface area (Å²) in [5.41, 5.74) is 2.29. The van der Waals surface area contributed by atoms with E-state index >= 15 is 0 Å². The Morgan fingerprint density at radius 2 is 1.86 bits per heavy atom. The second-order valence-electron chi connectivity index (χ2n) is 7.42. The molecule has 2 heterocycles. The summed E-state index contributed by atoms with van der Waals surface area (Å²) in [5, 5.41) is 17.9. The van der Waals surface area contributed by atoms with Crippen LogP contribution in [-0.4, -0.2) is 52.4 Å². The predicted molar refractivity (Wildman–Crippen MR) is 130 cm³/mol. The summed E-state index contributed by atoms with van der Waals surface area (Å²) in [6.07, 6.45) is -3.16. The molecule has 0 unspecified atom stereocenters. The number of ether oxygens (including phenoxy) is 1. The number of alkyl halides is 3. The zero-order valence-corrected chi connectivity index (χ0v) is 20.0. The van der Waals surface area contributed by atoms with Crippen molar-refractivity contribution in [2.24, 2.45) is 5.10 Å². The Kier molecular flexibility index (Phi) is 7.59. The molecule has 1 saturated heterocycles. The maximum absolute atomic E-state index is 13.1. The summed E-state index contributed by atoms with van der Waals surface area (Å²) >= 11 is 3.12. The minimum absolute atomic E-state index is 0.00259. The highest BCUT2D eigenvalue weighted by atomic mass is 79.9. The number of anilines is 4. The van der Waals surface area contributed by atoms with Crippen molar-refractivity contribution in [3.63, 3.8) is 0 Å². The van der Waals surface area contributed by atoms with Crippen LogP contribution in [-0.2, 0) is 10.9 Å². The number of hydrazone groups is 1. The molecule has 2 N–H and O–H groups in total. The van der Waals surface area contributed by atoms with Gasteiger partial charge in [-0.25, -0.2) is 5.43 Å². The second kappa shape index (κ2) is 10.8. The van der Waals surface area contributed by atoms with Gasteiger partial charge < -0.3 is 15.0 Å². The van der Waals surface area contributed by atoms with Crippen LogP contribution in [0.1, 0.15) is 11.1 Å². The van der Waals surface area contributed by atoms with Crippen LogP contribution in [0.4, 0.5) is 42.4 Å². The van der Waals surface area contributed by atoms with Gasteiger partial charge in [0.05, 0.1) is 34.4 Å². The molecule has 0 atom stereocenters. The van der Waals surface area contributed by atoms with Crippen LogP contribution < -0.4 is 15.6 Å². The van der Waals surface area contributed by atoms with Gasteiger partial charge in [0.2, 0.25) is 17.8 Å². The van der Waals surface area contributed by atoms with Crippen molar-refractivity contribution in [2.45, 2.75) is 6.18 Å². The van der Waals surface area contributed by atoms with Gasteiger partial charge in [-0.1, -0.05) is 12.1 Å². The molecule has 1 aromatic heterocycles. The first-order valence-corrected chi connectivity index (χ1v) is 11.2. The van der Waals surface area contributed by atoms with Crippen LogP contribution in [0.15, 0.2) is 52.0 Å². The maximum Gasteiger partial charge on any atom is 0.416 e. The SMILES string of the molecule is O=[N+]([O-])c1cc(/C=N\Nc2nc(Nc3cccc(C(F)(F)F)c3)nc(N3CCOCC3)n2)ccc1Br. The fraction of sp³-hybridized carbons (Fsp3) is 0.238. The Morgan fingerprint density at radius 3 is 2.58 bits per heavy atom. The highest BCUT2D eigenvalue weighted by Crippen LogP contribution is 2.31. The van der Waals surface area contributed by atoms with E-state index in [9.17, 15) is 23.3 Å². The molecule has 0 aliphatic carbocycles. The van der Waals surface area contributed by atoms with E-state index in [2.05, 4.69) is 46.7 Å². The number of halogens is 4. The van der Waals surface area contributed by atoms with Gasteiger partial charge >= 0.3 is 6.18 Å². The first kappa shape index (κ1) is 25.2. The monoisotopic (exact) mass is 566 g/mol. The Balaban J connectivity index is 1.59. The van der Waals surface area contributed by atoms with Gasteiger partial charge in [0.15, 0.2) is 0 Å². The lowest BCUT2D eigenvalue weighted by atomic mass is 10.2. The van der Waals surface area contributed by atoms with Crippen molar-refractivity contribution in [3.8, 4) is 0 Å². The first-order chi connectivity index (χ1) is 17.2. The number of nitrogens with one attached hydrogen (secondary N) is 2. The maximum atomic E-state index is 13.1. The third-order valence-electron chi connectivity index (χ3n) is 4.91. The van der Waals surface area contributed by atoms with Crippen molar-refractivity contribution < 1.29 is 22.8 Å². The van der Waals surface area contributed by atoms with Crippen molar-refractivity contribution in [1.82, 2.24) is 15.0 Å². The molecule has 11 nitrogen and oxygen atoms in total. The van der Waals surface area contributed by atoms with E-state index < -0.39 is 16.7 Å². The van der Waals surface area contributed by atoms with Crippen molar-refractivity contribution >= 4 is 51.4 Å². The van der Waals surface area contributed by atoms with Crippen LogP contribution in [0.2, 0.25) is 0 Å². The molecule has 2 aromatic carbocycles. The number of rotatable bonds is 7. The Labute approximate surface area is 210 Å². The molecule has 0 amide bonds. The quantitative estimate of drug-likeness (QED) is 0.239. The van der Waals surface area contributed by atoms with Crippen LogP contribution in [0.3, 0.4) is 0 Å². The van der Waals surface area contributed by atoms with Gasteiger partial charge in [-0.3, -0.25) is 10.1 Å². The Bertz CT molecular complexity index is 1290. The van der Waals surface area contributed by atoms with Gasteiger partial charge in [0.1, 0.15) is 0 Å². The van der Waals surface area contributed by atoms with Crippen molar-refractivity contribution in [1.29, 1.82) is 0 Å². The number of benzene rings is 2. The van der Waals surface area contributed by atoms with Gasteiger partial charge in [-0.15, -0.1) is 0 Å². The van der Waals surface area contributed by atoms with Crippen molar-refractivity contribution in [2.75, 3.05) is 41.9 Å². The van der Waals surface area contributed by atoms with Gasteiger partial charge in [-0.2, -0.15) is 33.2 Å². The highest BCUT2D eigenvalue weighted by molar-refractivity contribution is 9.10. The van der Waals surface area contributed by atoms with E-state index in [0.29, 0.717) is 36.3 Å². The molecule has 15 heteroatoms. The molecular formula is C21H18BrF3N8O3. The summed E-state index contributed by atoms with van der Waals surface area (Å²) < 4.78 is 45.0. The van der Waals surface area contributed by atoms with Crippen LogP contribution in [0, 0.1) is 10.1 Å². The van der Waals surface area contributed by atoms with E-state index in [0.717, 1.165) is 12.1 Å². The van der Waals surface area contributed by atoms with E-state index in [4.69, 9.17) is 4.74 Å². The van der Waals surface area contributed by atoms with Crippen molar-refractivity contribution in [3.05, 3.63) is 68.2 Å². The van der Waals surface area contributed by atoms with Crippen LogP contribution >= 0.6 is 15.9 Å². The molecule has 3 aromatic rings. The number of aromatic nitrogens is 3. The number of nitrogens with zero attached hydrogens (tertiary/aromatic N) is 6. The fourth-order valence-electron chi connectivity index (χ4n) is 3.19. The Morgan fingerprint density at radius 1 is 1.11 bits per heavy atom. The molecule has 0 radical (unpaired) electrons. The van der Waals surface area contributed by atoms with E-state index in [1.165, 1.54) is 30.5 Å². The molecule has 0 saturated carbocycles. The topological polar surface area (TPSA) is 131 Å². The Hall–Kier alpha value is -3.85. The molecule has 36 heavy (non-hydrogen) atoms. The molecule has 1 aliphatic heterocycles. The third kappa shape index (κ3) is 6.42. The zero-order valence-electron chi connectivity index (χ0n) is 18.4. The third-order valence-corrected chi connectivity index (χ3v) is 5.58. The molecular weight excluding hydrogens is 549 g/mol. The fourth-order valence-corrected chi connectivity index (χ4v) is 3.58. The first-order valence-electron chi connectivity index (χ1n) is 10.4. The predicted octanol–water partition coefficient (Wildman–Crippen LogP) is 4.59. The smallest absolute Gasteiger partial charge is 0.378 e. The van der Waals surface area contributed by atoms with Crippen LogP contribution in [0.25, 0.3) is 0 Å². The molecule has 1 aliphatic rings. The average molecular weight is 567 g/mol. The lowest BCUT2D eigenvalue weighted by molar-refractivity contribution is -0.385.